The van der Waals surface area contributed by atoms with Crippen LogP contribution in [0.15, 0.2) is 69.1 Å². The number of hydrogen-bond donors (Lipinski definition) is 0. The number of allylic oxidation sites excluding steroid dienone is 2. The van der Waals surface area contributed by atoms with Crippen LogP contribution in [0.1, 0.15) is 6.92 Å². The summed E-state index contributed by atoms with van der Waals surface area (Å²) in [7, 11) is 0. The van der Waals surface area contributed by atoms with Gasteiger partial charge in [0.05, 0.1) is 10.4 Å². The summed E-state index contributed by atoms with van der Waals surface area (Å²) in [5.74, 6) is 0.432. The number of nitro groups is 1. The Kier molecular flexibility index (Phi) is 3.86. The number of fused-ring (bicyclic) bond motifs is 2. The van der Waals surface area contributed by atoms with Gasteiger partial charge in [-0.15, -0.1) is 5.10 Å². The van der Waals surface area contributed by atoms with Crippen molar-refractivity contribution in [2.24, 2.45) is 4.99 Å². The molecule has 0 amide bonds. The van der Waals surface area contributed by atoms with E-state index in [1.54, 1.807) is 42.6 Å². The number of halogens is 2. The van der Waals surface area contributed by atoms with E-state index in [1.165, 1.54) is 9.58 Å². The van der Waals surface area contributed by atoms with Gasteiger partial charge in [-0.3, -0.25) is 15.0 Å². The normalized spacial score (nSPS) is 16.6. The molecule has 0 N–H and O–H groups in total. The molecule has 3 heterocycles. The molecule has 0 fully saturated rings. The van der Waals surface area contributed by atoms with E-state index in [0.717, 1.165) is 5.57 Å². The second-order valence-electron chi connectivity index (χ2n) is 5.57. The van der Waals surface area contributed by atoms with E-state index in [0.29, 0.717) is 16.9 Å². The summed E-state index contributed by atoms with van der Waals surface area (Å²) in [6.45, 7) is 1.89. The van der Waals surface area contributed by atoms with Crippen molar-refractivity contribution in [3.8, 4) is 0 Å². The van der Waals surface area contributed by atoms with Crippen LogP contribution in [0, 0.1) is 10.1 Å². The first-order valence-electron chi connectivity index (χ1n) is 7.47. The van der Waals surface area contributed by atoms with Gasteiger partial charge in [0.15, 0.2) is 5.70 Å². The SMILES string of the molecule is CC1=CC2=NC(n3nnc4ccccc43)=C([N+](=O)[O-])C(=C(Cl)Cl)N2C=C1. The Hall–Kier alpha value is -2.97. The van der Waals surface area contributed by atoms with E-state index in [4.69, 9.17) is 23.2 Å². The van der Waals surface area contributed by atoms with Crippen molar-refractivity contribution in [1.29, 1.82) is 0 Å². The van der Waals surface area contributed by atoms with Crippen LogP contribution in [0.5, 0.6) is 0 Å². The monoisotopic (exact) mass is 388 g/mol. The van der Waals surface area contributed by atoms with Gasteiger partial charge < -0.3 is 0 Å². The maximum atomic E-state index is 11.8. The molecular weight excluding hydrogens is 379 g/mol. The highest BCUT2D eigenvalue weighted by Gasteiger charge is 2.38. The first kappa shape index (κ1) is 16.5. The second-order valence-corrected chi connectivity index (χ2v) is 6.52. The van der Waals surface area contributed by atoms with Crippen LogP contribution in [0.25, 0.3) is 16.9 Å². The molecule has 8 nitrogen and oxygen atoms in total. The highest BCUT2D eigenvalue weighted by atomic mass is 35.5. The Morgan fingerprint density at radius 2 is 2.04 bits per heavy atom. The molecule has 0 atom stereocenters. The number of nitrogens with zero attached hydrogens (tertiary/aromatic N) is 6. The van der Waals surface area contributed by atoms with Crippen LogP contribution in [-0.2, 0) is 0 Å². The van der Waals surface area contributed by atoms with Crippen molar-refractivity contribution in [2.75, 3.05) is 0 Å². The van der Waals surface area contributed by atoms with Gasteiger partial charge in [-0.25, -0.2) is 4.99 Å². The lowest BCUT2D eigenvalue weighted by atomic mass is 10.1. The summed E-state index contributed by atoms with van der Waals surface area (Å²) < 4.78 is 1.07. The zero-order chi connectivity index (χ0) is 18.4. The Bertz CT molecular complexity index is 1100. The van der Waals surface area contributed by atoms with Crippen molar-refractivity contribution in [3.05, 3.63) is 74.2 Å². The smallest absolute Gasteiger partial charge is 0.293 e. The molecular formula is C16H10Cl2N6O2. The Labute approximate surface area is 157 Å². The predicted octanol–water partition coefficient (Wildman–Crippen LogP) is 3.67. The lowest BCUT2D eigenvalue weighted by Crippen LogP contribution is -2.33. The van der Waals surface area contributed by atoms with Gasteiger partial charge in [0.1, 0.15) is 15.8 Å². The molecule has 0 unspecified atom stereocenters. The molecule has 4 rings (SSSR count). The van der Waals surface area contributed by atoms with Gasteiger partial charge in [-0.05, 0) is 36.8 Å². The van der Waals surface area contributed by atoms with Crippen LogP contribution in [-0.4, -0.2) is 30.7 Å². The van der Waals surface area contributed by atoms with Crippen molar-refractivity contribution < 1.29 is 4.92 Å². The zero-order valence-corrected chi connectivity index (χ0v) is 14.8. The van der Waals surface area contributed by atoms with Gasteiger partial charge in [0, 0.05) is 6.20 Å². The molecule has 0 radical (unpaired) electrons. The lowest BCUT2D eigenvalue weighted by molar-refractivity contribution is -0.421. The fourth-order valence-electron chi connectivity index (χ4n) is 2.77. The quantitative estimate of drug-likeness (QED) is 0.578. The fraction of sp³-hybridized carbons (Fsp3) is 0.0625. The Balaban J connectivity index is 2.07. The molecule has 0 bridgehead atoms. The van der Waals surface area contributed by atoms with Crippen molar-refractivity contribution in [2.45, 2.75) is 6.92 Å². The van der Waals surface area contributed by atoms with Crippen molar-refractivity contribution in [3.63, 3.8) is 0 Å². The van der Waals surface area contributed by atoms with Gasteiger partial charge in [0.25, 0.3) is 0 Å². The van der Waals surface area contributed by atoms with Crippen LogP contribution < -0.4 is 0 Å². The maximum absolute atomic E-state index is 11.8. The molecule has 10 heteroatoms. The third kappa shape index (κ3) is 2.51. The number of aliphatic imine (C=N–C) groups is 1. The Morgan fingerprint density at radius 1 is 1.27 bits per heavy atom. The minimum Gasteiger partial charge on any atom is -0.293 e. The van der Waals surface area contributed by atoms with Gasteiger partial charge in [-0.2, -0.15) is 4.68 Å². The topological polar surface area (TPSA) is 89.4 Å². The molecule has 1 aromatic heterocycles. The van der Waals surface area contributed by atoms with Gasteiger partial charge in [-0.1, -0.05) is 40.5 Å². The predicted molar refractivity (Wildman–Crippen MR) is 98.6 cm³/mol. The molecule has 0 saturated heterocycles. The van der Waals surface area contributed by atoms with Crippen molar-refractivity contribution in [1.82, 2.24) is 19.9 Å². The van der Waals surface area contributed by atoms with Crippen LogP contribution in [0.4, 0.5) is 0 Å². The molecule has 0 aliphatic carbocycles. The summed E-state index contributed by atoms with van der Waals surface area (Å²) in [5.41, 5.74) is 1.76. The van der Waals surface area contributed by atoms with E-state index in [1.807, 2.05) is 6.92 Å². The summed E-state index contributed by atoms with van der Waals surface area (Å²) in [6.07, 6.45) is 5.18. The first-order chi connectivity index (χ1) is 12.5. The maximum Gasteiger partial charge on any atom is 0.340 e. The van der Waals surface area contributed by atoms with Crippen molar-refractivity contribution >= 4 is 45.9 Å². The number of benzene rings is 1. The highest BCUT2D eigenvalue weighted by molar-refractivity contribution is 6.56. The number of rotatable bonds is 2. The average Bonchev–Trinajstić information content (AvgIpc) is 3.03. The average molecular weight is 389 g/mol. The molecule has 26 heavy (non-hydrogen) atoms. The molecule has 0 saturated carbocycles. The highest BCUT2D eigenvalue weighted by Crippen LogP contribution is 2.36. The molecule has 130 valence electrons. The number of amidine groups is 1. The molecule has 2 aromatic rings. The van der Waals surface area contributed by atoms with E-state index >= 15 is 0 Å². The zero-order valence-electron chi connectivity index (χ0n) is 13.3. The number of para-hydroxylation sites is 1. The van der Waals surface area contributed by atoms with Crippen LogP contribution >= 0.6 is 23.2 Å². The van der Waals surface area contributed by atoms with E-state index in [-0.39, 0.29) is 21.7 Å². The summed E-state index contributed by atoms with van der Waals surface area (Å²) in [6, 6.07) is 7.10. The van der Waals surface area contributed by atoms with E-state index < -0.39 is 4.92 Å². The second kappa shape index (κ2) is 6.08. The third-order valence-corrected chi connectivity index (χ3v) is 4.26. The molecule has 2 aliphatic heterocycles. The number of hydrogen-bond acceptors (Lipinski definition) is 6. The minimum absolute atomic E-state index is 0.0110. The lowest BCUT2D eigenvalue weighted by Gasteiger charge is -2.28. The first-order valence-corrected chi connectivity index (χ1v) is 8.22. The molecule has 0 spiro atoms. The summed E-state index contributed by atoms with van der Waals surface area (Å²) in [4.78, 5) is 17.2. The number of aromatic nitrogens is 3. The fourth-order valence-corrected chi connectivity index (χ4v) is 3.13. The van der Waals surface area contributed by atoms with Gasteiger partial charge >= 0.3 is 5.70 Å². The third-order valence-electron chi connectivity index (χ3n) is 3.90. The minimum atomic E-state index is -0.578. The molecule has 2 aliphatic rings. The largest absolute Gasteiger partial charge is 0.340 e. The van der Waals surface area contributed by atoms with Gasteiger partial charge in [0.2, 0.25) is 5.82 Å². The van der Waals surface area contributed by atoms with Crippen LogP contribution in [0.2, 0.25) is 0 Å². The Morgan fingerprint density at radius 3 is 2.77 bits per heavy atom. The molecule has 1 aromatic carbocycles. The van der Waals surface area contributed by atoms with E-state index in [2.05, 4.69) is 15.3 Å². The van der Waals surface area contributed by atoms with E-state index in [9.17, 15) is 10.1 Å². The summed E-state index contributed by atoms with van der Waals surface area (Å²) in [5, 5.41) is 19.9. The standard InChI is InChI=1S/C16H10Cl2N6O2/c1-9-6-7-22-12(8-9)19-16(14(24(25)26)13(22)15(17)18)23-11-5-3-2-4-10(11)20-21-23/h2-8H,1H3. The van der Waals surface area contributed by atoms with Crippen LogP contribution in [0.3, 0.4) is 0 Å². The summed E-state index contributed by atoms with van der Waals surface area (Å²) >= 11 is 12.0.